The van der Waals surface area contributed by atoms with Gasteiger partial charge in [-0.3, -0.25) is 0 Å². The largest absolute Gasteiger partial charge is 0.548 e. The Labute approximate surface area is 97.5 Å². The Hall–Kier alpha value is -0.650. The fraction of sp³-hybridized carbons (Fsp3) is 0.909. The van der Waals surface area contributed by atoms with Crippen LogP contribution in [0.2, 0.25) is 0 Å². The van der Waals surface area contributed by atoms with Crippen LogP contribution in [0, 0.1) is 0 Å². The van der Waals surface area contributed by atoms with Crippen LogP contribution in [0.1, 0.15) is 12.8 Å². The van der Waals surface area contributed by atoms with Gasteiger partial charge in [-0.1, -0.05) is 0 Å². The first-order chi connectivity index (χ1) is 7.54. The summed E-state index contributed by atoms with van der Waals surface area (Å²) < 4.78 is 10.4. The summed E-state index contributed by atoms with van der Waals surface area (Å²) in [6.07, 6.45) is 2.81. The lowest BCUT2D eigenvalue weighted by molar-refractivity contribution is -0.897. The molecule has 1 aliphatic heterocycles. The predicted molar refractivity (Wildman–Crippen MR) is 58.8 cm³/mol. The zero-order valence-electron chi connectivity index (χ0n) is 10.5. The molecule has 1 rings (SSSR count). The summed E-state index contributed by atoms with van der Waals surface area (Å²) in [6.45, 7) is 4.49. The summed E-state index contributed by atoms with van der Waals surface area (Å²) >= 11 is 0. The molecule has 0 amide bonds. The van der Waals surface area contributed by atoms with Gasteiger partial charge < -0.3 is 23.9 Å². The van der Waals surface area contributed by atoms with Gasteiger partial charge in [-0.15, -0.1) is 0 Å². The molecule has 1 saturated heterocycles. The molecule has 0 spiro atoms. The minimum absolute atomic E-state index is 0.319. The maximum Gasteiger partial charge on any atom is 0.102 e. The summed E-state index contributed by atoms with van der Waals surface area (Å²) in [5.41, 5.74) is 0. The van der Waals surface area contributed by atoms with Crippen LogP contribution in [0.3, 0.4) is 0 Å². The van der Waals surface area contributed by atoms with Gasteiger partial charge in [-0.25, -0.2) is 0 Å². The third kappa shape index (κ3) is 7.62. The van der Waals surface area contributed by atoms with Crippen LogP contribution in [-0.4, -0.2) is 64.6 Å². The van der Waals surface area contributed by atoms with E-state index in [-0.39, 0.29) is 6.61 Å². The lowest BCUT2D eigenvalue weighted by Crippen LogP contribution is -2.43. The van der Waals surface area contributed by atoms with E-state index in [0.717, 1.165) is 6.61 Å². The first-order valence-electron chi connectivity index (χ1n) is 5.55. The number of ether oxygens (including phenoxy) is 2. The molecule has 1 aliphatic rings. The third-order valence-corrected chi connectivity index (χ3v) is 2.74. The molecule has 0 aliphatic carbocycles. The molecule has 0 saturated carbocycles. The SMILES string of the molecule is COCC(=O)[O-].COCC[N+]1(C)CCCC1. The summed E-state index contributed by atoms with van der Waals surface area (Å²) in [5, 5.41) is 9.36. The van der Waals surface area contributed by atoms with E-state index >= 15 is 0 Å². The normalized spacial score (nSPS) is 17.7. The van der Waals surface area contributed by atoms with Crippen LogP contribution in [0.25, 0.3) is 0 Å². The fourth-order valence-electron chi connectivity index (χ4n) is 1.75. The van der Waals surface area contributed by atoms with Crippen molar-refractivity contribution in [1.29, 1.82) is 0 Å². The number of hydrogen-bond acceptors (Lipinski definition) is 4. The maximum atomic E-state index is 9.36. The Kier molecular flexibility index (Phi) is 8.15. The Morgan fingerprint density at radius 2 is 1.81 bits per heavy atom. The zero-order chi connectivity index (χ0) is 12.4. The minimum atomic E-state index is -1.18. The van der Waals surface area contributed by atoms with E-state index in [9.17, 15) is 9.90 Å². The number of carbonyl (C=O) groups is 1. The van der Waals surface area contributed by atoms with Crippen molar-refractivity contribution < 1.29 is 23.9 Å². The van der Waals surface area contributed by atoms with Gasteiger partial charge in [-0.2, -0.15) is 0 Å². The number of rotatable bonds is 5. The number of aliphatic carboxylic acids is 1. The van der Waals surface area contributed by atoms with Crippen LogP contribution in [0.15, 0.2) is 0 Å². The number of methoxy groups -OCH3 is 2. The van der Waals surface area contributed by atoms with Crippen molar-refractivity contribution in [2.75, 3.05) is 54.1 Å². The maximum absolute atomic E-state index is 9.36. The minimum Gasteiger partial charge on any atom is -0.548 e. The standard InChI is InChI=1S/C8H18NO.C3H6O3/c1-9(7-8-10-2)5-3-4-6-9;1-6-2-3(4)5/h3-8H2,1-2H3;2H2,1H3,(H,4,5)/q+1;/p-1. The molecule has 16 heavy (non-hydrogen) atoms. The number of carboxylic acids is 1. The Morgan fingerprint density at radius 1 is 1.25 bits per heavy atom. The van der Waals surface area contributed by atoms with Crippen molar-refractivity contribution in [1.82, 2.24) is 0 Å². The van der Waals surface area contributed by atoms with Crippen molar-refractivity contribution >= 4 is 5.97 Å². The highest BCUT2D eigenvalue weighted by Crippen LogP contribution is 2.15. The van der Waals surface area contributed by atoms with Crippen LogP contribution < -0.4 is 5.11 Å². The lowest BCUT2D eigenvalue weighted by Gasteiger charge is -2.28. The smallest absolute Gasteiger partial charge is 0.102 e. The van der Waals surface area contributed by atoms with E-state index < -0.39 is 5.97 Å². The molecule has 0 N–H and O–H groups in total. The monoisotopic (exact) mass is 233 g/mol. The average molecular weight is 233 g/mol. The Balaban J connectivity index is 0.000000325. The molecule has 96 valence electrons. The number of likely N-dealkylation sites (tertiary alicyclic amines) is 1. The molecule has 0 aromatic heterocycles. The van der Waals surface area contributed by atoms with E-state index in [0.29, 0.717) is 0 Å². The second kappa shape index (κ2) is 8.50. The van der Waals surface area contributed by atoms with Gasteiger partial charge in [0.05, 0.1) is 39.3 Å². The molecule has 5 heteroatoms. The molecule has 0 aromatic rings. The summed E-state index contributed by atoms with van der Waals surface area (Å²) in [4.78, 5) is 9.36. The molecular formula is C11H23NO4. The fourth-order valence-corrected chi connectivity index (χ4v) is 1.75. The van der Waals surface area contributed by atoms with Gasteiger partial charge in [0.15, 0.2) is 0 Å². The lowest BCUT2D eigenvalue weighted by atomic mass is 10.4. The van der Waals surface area contributed by atoms with E-state index in [2.05, 4.69) is 11.8 Å². The number of hydrogen-bond donors (Lipinski definition) is 0. The van der Waals surface area contributed by atoms with E-state index in [1.54, 1.807) is 7.11 Å². The highest BCUT2D eigenvalue weighted by atomic mass is 16.5. The van der Waals surface area contributed by atoms with Crippen molar-refractivity contribution in [3.05, 3.63) is 0 Å². The molecule has 0 atom stereocenters. The average Bonchev–Trinajstić information content (AvgIpc) is 2.64. The first-order valence-corrected chi connectivity index (χ1v) is 5.55. The Morgan fingerprint density at radius 3 is 2.12 bits per heavy atom. The van der Waals surface area contributed by atoms with Gasteiger partial charge in [0.2, 0.25) is 0 Å². The number of quaternary nitrogens is 1. The molecule has 5 nitrogen and oxygen atoms in total. The molecule has 1 heterocycles. The van der Waals surface area contributed by atoms with Crippen LogP contribution >= 0.6 is 0 Å². The number of carbonyl (C=O) groups excluding carboxylic acids is 1. The van der Waals surface area contributed by atoms with Gasteiger partial charge in [-0.05, 0) is 0 Å². The molecular weight excluding hydrogens is 210 g/mol. The summed E-state index contributed by atoms with van der Waals surface area (Å²) in [6, 6.07) is 0. The van der Waals surface area contributed by atoms with Crippen molar-refractivity contribution in [3.63, 3.8) is 0 Å². The van der Waals surface area contributed by atoms with Gasteiger partial charge in [0.1, 0.15) is 6.54 Å². The number of carboxylic acid groups (broad SMARTS) is 1. The molecule has 0 aromatic carbocycles. The van der Waals surface area contributed by atoms with E-state index in [4.69, 9.17) is 4.74 Å². The quantitative estimate of drug-likeness (QED) is 0.587. The highest BCUT2D eigenvalue weighted by Gasteiger charge is 2.25. The first kappa shape index (κ1) is 15.3. The molecule has 0 radical (unpaired) electrons. The van der Waals surface area contributed by atoms with E-state index in [1.165, 1.54) is 44.1 Å². The van der Waals surface area contributed by atoms with Crippen molar-refractivity contribution in [3.8, 4) is 0 Å². The zero-order valence-corrected chi connectivity index (χ0v) is 10.5. The summed E-state index contributed by atoms with van der Waals surface area (Å²) in [5.74, 6) is -1.18. The molecule has 0 bridgehead atoms. The second-order valence-electron chi connectivity index (χ2n) is 4.30. The van der Waals surface area contributed by atoms with Crippen molar-refractivity contribution in [2.24, 2.45) is 0 Å². The van der Waals surface area contributed by atoms with Gasteiger partial charge in [0.25, 0.3) is 0 Å². The molecule has 1 fully saturated rings. The predicted octanol–water partition coefficient (Wildman–Crippen LogP) is -0.744. The Bertz CT molecular complexity index is 190. The highest BCUT2D eigenvalue weighted by molar-refractivity contribution is 5.65. The number of nitrogens with zero attached hydrogens (tertiary/aromatic N) is 1. The second-order valence-corrected chi connectivity index (χ2v) is 4.30. The van der Waals surface area contributed by atoms with Gasteiger partial charge in [0, 0.05) is 27.1 Å². The van der Waals surface area contributed by atoms with Crippen LogP contribution in [0.5, 0.6) is 0 Å². The van der Waals surface area contributed by atoms with Crippen LogP contribution in [0.4, 0.5) is 0 Å². The number of likely N-dealkylation sites (N-methyl/N-ethyl adjacent to an activating group) is 1. The summed E-state index contributed by atoms with van der Waals surface area (Å²) in [7, 11) is 5.41. The van der Waals surface area contributed by atoms with E-state index in [1.807, 2.05) is 0 Å². The third-order valence-electron chi connectivity index (χ3n) is 2.74. The van der Waals surface area contributed by atoms with Crippen LogP contribution in [-0.2, 0) is 14.3 Å². The van der Waals surface area contributed by atoms with Gasteiger partial charge >= 0.3 is 0 Å². The molecule has 0 unspecified atom stereocenters. The van der Waals surface area contributed by atoms with Crippen molar-refractivity contribution in [2.45, 2.75) is 12.8 Å². The topological polar surface area (TPSA) is 58.6 Å².